The molecule has 0 amide bonds. The van der Waals surface area contributed by atoms with Crippen molar-refractivity contribution in [3.05, 3.63) is 22.3 Å². The molecule has 4 heteroatoms. The average Bonchev–Trinajstić information content (AvgIpc) is 3.02. The fraction of sp³-hybridized carbons (Fsp3) is 0.760. The van der Waals surface area contributed by atoms with Gasteiger partial charge in [0.05, 0.1) is 0 Å². The maximum absolute atomic E-state index is 6.30. The summed E-state index contributed by atoms with van der Waals surface area (Å²) in [7, 11) is 0. The van der Waals surface area contributed by atoms with E-state index in [0.717, 1.165) is 24.0 Å². The molecule has 3 aliphatic rings. The Morgan fingerprint density at radius 1 is 0.931 bits per heavy atom. The summed E-state index contributed by atoms with van der Waals surface area (Å²) in [6, 6.07) is 0. The Hall–Kier alpha value is -0.710. The average molecular weight is 417 g/mol. The van der Waals surface area contributed by atoms with Crippen molar-refractivity contribution in [2.75, 3.05) is 32.7 Å². The van der Waals surface area contributed by atoms with Crippen LogP contribution in [0, 0.1) is 32.6 Å². The SMILES string of the molecule is Cc1c(C)c(SN2CCC(CN3CCC(C)CC3)CC2)c(C)c2c1OC(C)(C)C2. The molecule has 1 aromatic rings. The molecular formula is C25H40N2OS. The zero-order valence-corrected chi connectivity index (χ0v) is 20.3. The molecule has 3 nitrogen and oxygen atoms in total. The van der Waals surface area contributed by atoms with Gasteiger partial charge in [-0.1, -0.05) is 6.92 Å². The zero-order valence-electron chi connectivity index (χ0n) is 19.4. The first kappa shape index (κ1) is 21.5. The van der Waals surface area contributed by atoms with E-state index in [1.807, 2.05) is 11.9 Å². The van der Waals surface area contributed by atoms with Crippen LogP contribution in [0.3, 0.4) is 0 Å². The molecule has 1 aromatic carbocycles. The summed E-state index contributed by atoms with van der Waals surface area (Å²) in [5.41, 5.74) is 5.57. The Morgan fingerprint density at radius 2 is 1.59 bits per heavy atom. The molecule has 0 radical (unpaired) electrons. The van der Waals surface area contributed by atoms with Gasteiger partial charge in [0, 0.05) is 36.5 Å². The molecule has 2 fully saturated rings. The summed E-state index contributed by atoms with van der Waals surface area (Å²) < 4.78 is 8.92. The predicted molar refractivity (Wildman–Crippen MR) is 124 cm³/mol. The fourth-order valence-corrected chi connectivity index (χ4v) is 6.51. The third kappa shape index (κ3) is 4.65. The predicted octanol–water partition coefficient (Wildman–Crippen LogP) is 5.78. The Morgan fingerprint density at radius 3 is 2.24 bits per heavy atom. The van der Waals surface area contributed by atoms with Crippen LogP contribution in [0.15, 0.2) is 4.90 Å². The van der Waals surface area contributed by atoms with Crippen LogP contribution in [0.2, 0.25) is 0 Å². The molecule has 0 aromatic heterocycles. The number of nitrogens with zero attached hydrogens (tertiary/aromatic N) is 2. The van der Waals surface area contributed by atoms with Crippen molar-refractivity contribution in [1.29, 1.82) is 0 Å². The molecule has 3 heterocycles. The molecule has 29 heavy (non-hydrogen) atoms. The lowest BCUT2D eigenvalue weighted by atomic mass is 9.94. The van der Waals surface area contributed by atoms with Gasteiger partial charge in [0.1, 0.15) is 11.4 Å². The molecule has 2 saturated heterocycles. The lowest BCUT2D eigenvalue weighted by Gasteiger charge is -2.37. The van der Waals surface area contributed by atoms with Crippen molar-refractivity contribution in [3.8, 4) is 5.75 Å². The molecule has 0 atom stereocenters. The van der Waals surface area contributed by atoms with E-state index in [-0.39, 0.29) is 5.60 Å². The van der Waals surface area contributed by atoms with Crippen LogP contribution in [0.5, 0.6) is 5.75 Å². The summed E-state index contributed by atoms with van der Waals surface area (Å²) in [4.78, 5) is 4.21. The first-order chi connectivity index (χ1) is 13.7. The van der Waals surface area contributed by atoms with Crippen LogP contribution < -0.4 is 4.74 Å². The van der Waals surface area contributed by atoms with Gasteiger partial charge in [0.2, 0.25) is 0 Å². The smallest absolute Gasteiger partial charge is 0.126 e. The van der Waals surface area contributed by atoms with Crippen LogP contribution in [-0.2, 0) is 6.42 Å². The summed E-state index contributed by atoms with van der Waals surface area (Å²) >= 11 is 2.01. The number of piperidine rings is 2. The van der Waals surface area contributed by atoms with Crippen molar-refractivity contribution < 1.29 is 4.74 Å². The van der Waals surface area contributed by atoms with E-state index in [0.29, 0.717) is 0 Å². The minimum absolute atomic E-state index is 0.0713. The number of hydrogen-bond acceptors (Lipinski definition) is 4. The van der Waals surface area contributed by atoms with E-state index in [9.17, 15) is 0 Å². The van der Waals surface area contributed by atoms with Crippen molar-refractivity contribution >= 4 is 11.9 Å². The fourth-order valence-electron chi connectivity index (χ4n) is 5.30. The third-order valence-corrected chi connectivity index (χ3v) is 8.90. The lowest BCUT2D eigenvalue weighted by molar-refractivity contribution is 0.137. The number of fused-ring (bicyclic) bond motifs is 1. The standard InChI is InChI=1S/C25H40N2OS/c1-17-7-11-26(12-8-17)16-21-9-13-27(14-10-21)29-24-19(3)18(2)23-22(20(24)4)15-25(5,6)28-23/h17,21H,7-16H2,1-6H3. The van der Waals surface area contributed by atoms with E-state index in [1.165, 1.54) is 85.6 Å². The maximum atomic E-state index is 6.30. The van der Waals surface area contributed by atoms with Crippen LogP contribution in [0.1, 0.15) is 68.7 Å². The summed E-state index contributed by atoms with van der Waals surface area (Å²) in [6.07, 6.45) is 6.50. The Bertz CT molecular complexity index is 744. The van der Waals surface area contributed by atoms with Crippen molar-refractivity contribution in [3.63, 3.8) is 0 Å². The minimum Gasteiger partial charge on any atom is -0.487 e. The van der Waals surface area contributed by atoms with Crippen LogP contribution in [0.4, 0.5) is 0 Å². The van der Waals surface area contributed by atoms with Gasteiger partial charge in [-0.25, -0.2) is 4.31 Å². The summed E-state index contributed by atoms with van der Waals surface area (Å²) in [6.45, 7) is 20.1. The first-order valence-electron chi connectivity index (χ1n) is 11.7. The molecule has 3 aliphatic heterocycles. The van der Waals surface area contributed by atoms with Crippen LogP contribution in [-0.4, -0.2) is 47.5 Å². The quantitative estimate of drug-likeness (QED) is 0.578. The van der Waals surface area contributed by atoms with Gasteiger partial charge in [-0.2, -0.15) is 0 Å². The monoisotopic (exact) mass is 416 g/mol. The number of ether oxygens (including phenoxy) is 1. The molecule has 0 saturated carbocycles. The molecule has 0 aliphatic carbocycles. The second kappa shape index (κ2) is 8.43. The molecule has 0 unspecified atom stereocenters. The van der Waals surface area contributed by atoms with E-state index < -0.39 is 0 Å². The summed E-state index contributed by atoms with van der Waals surface area (Å²) in [5.74, 6) is 2.98. The van der Waals surface area contributed by atoms with Crippen molar-refractivity contribution in [2.45, 2.75) is 84.1 Å². The second-order valence-electron chi connectivity index (χ2n) is 10.5. The van der Waals surface area contributed by atoms with Gasteiger partial charge in [0.15, 0.2) is 0 Å². The van der Waals surface area contributed by atoms with E-state index in [1.54, 1.807) is 0 Å². The number of likely N-dealkylation sites (tertiary alicyclic amines) is 1. The van der Waals surface area contributed by atoms with E-state index >= 15 is 0 Å². The molecular weight excluding hydrogens is 376 g/mol. The van der Waals surface area contributed by atoms with Crippen LogP contribution >= 0.6 is 11.9 Å². The molecule has 162 valence electrons. The third-order valence-electron chi connectivity index (χ3n) is 7.48. The Labute approximate surface area is 182 Å². The van der Waals surface area contributed by atoms with Gasteiger partial charge >= 0.3 is 0 Å². The maximum Gasteiger partial charge on any atom is 0.126 e. The topological polar surface area (TPSA) is 15.7 Å². The highest BCUT2D eigenvalue weighted by Gasteiger charge is 2.35. The summed E-state index contributed by atoms with van der Waals surface area (Å²) in [5, 5.41) is 0. The molecule has 0 spiro atoms. The molecule has 0 bridgehead atoms. The minimum atomic E-state index is -0.0713. The van der Waals surface area contributed by atoms with Crippen LogP contribution in [0.25, 0.3) is 0 Å². The second-order valence-corrected chi connectivity index (χ2v) is 11.6. The number of benzene rings is 1. The van der Waals surface area contributed by atoms with Gasteiger partial charge in [-0.05, 0) is 114 Å². The highest BCUT2D eigenvalue weighted by atomic mass is 32.2. The van der Waals surface area contributed by atoms with Gasteiger partial charge in [-0.3, -0.25) is 0 Å². The number of hydrogen-bond donors (Lipinski definition) is 0. The Balaban J connectivity index is 1.37. The first-order valence-corrected chi connectivity index (χ1v) is 12.5. The largest absolute Gasteiger partial charge is 0.487 e. The Kier molecular flexibility index (Phi) is 6.26. The van der Waals surface area contributed by atoms with Crippen molar-refractivity contribution in [2.24, 2.45) is 11.8 Å². The normalized spacial score (nSPS) is 23.9. The highest BCUT2D eigenvalue weighted by molar-refractivity contribution is 7.97. The molecule has 0 N–H and O–H groups in total. The van der Waals surface area contributed by atoms with E-state index in [2.05, 4.69) is 50.7 Å². The highest BCUT2D eigenvalue weighted by Crippen LogP contribution is 2.46. The molecule has 4 rings (SSSR count). The van der Waals surface area contributed by atoms with Crippen molar-refractivity contribution in [1.82, 2.24) is 9.21 Å². The number of rotatable bonds is 4. The lowest BCUT2D eigenvalue weighted by Crippen LogP contribution is -2.39. The van der Waals surface area contributed by atoms with Gasteiger partial charge in [0.25, 0.3) is 0 Å². The zero-order chi connectivity index (χ0) is 20.8. The van der Waals surface area contributed by atoms with Gasteiger partial charge < -0.3 is 9.64 Å². The van der Waals surface area contributed by atoms with Gasteiger partial charge in [-0.15, -0.1) is 0 Å². The van der Waals surface area contributed by atoms with E-state index in [4.69, 9.17) is 4.74 Å².